The van der Waals surface area contributed by atoms with Crippen LogP contribution in [0, 0.1) is 18.8 Å². The fourth-order valence-corrected chi connectivity index (χ4v) is 5.16. The van der Waals surface area contributed by atoms with Crippen LogP contribution < -0.4 is 0 Å². The van der Waals surface area contributed by atoms with E-state index in [9.17, 15) is 4.79 Å². The molecule has 4 atom stereocenters. The van der Waals surface area contributed by atoms with Crippen LogP contribution >= 0.6 is 0 Å². The first-order chi connectivity index (χ1) is 11.1. The average molecular weight is 300 g/mol. The molecule has 1 heteroatoms. The first-order valence-corrected chi connectivity index (χ1v) is 8.57. The van der Waals surface area contributed by atoms with Crippen LogP contribution in [-0.4, -0.2) is 5.78 Å². The molecule has 2 aromatic rings. The lowest BCUT2D eigenvalue weighted by molar-refractivity contribution is 0.101. The second kappa shape index (κ2) is 4.44. The van der Waals surface area contributed by atoms with Gasteiger partial charge in [0.2, 0.25) is 0 Å². The summed E-state index contributed by atoms with van der Waals surface area (Å²) in [5.74, 6) is 2.72. The van der Waals surface area contributed by atoms with E-state index >= 15 is 0 Å². The molecule has 0 heterocycles. The molecule has 0 aliphatic heterocycles. The predicted octanol–water partition coefficient (Wildman–Crippen LogP) is 5.25. The molecule has 0 saturated heterocycles. The second-order valence-corrected chi connectivity index (χ2v) is 7.45. The lowest BCUT2D eigenvalue weighted by atomic mass is 9.67. The molecule has 1 fully saturated rings. The normalized spacial score (nSPS) is 29.1. The van der Waals surface area contributed by atoms with Gasteiger partial charge in [0.1, 0.15) is 0 Å². The summed E-state index contributed by atoms with van der Waals surface area (Å²) in [5.41, 5.74) is 7.71. The standard InChI is InChI=1S/C22H20O/c1-12-3-7-17-19(9-12)20-11-14(13(2)23)6-8-18(20)22-16-5-4-15(10-16)21(17)22/h3-9,11,15-16,21-22H,10H2,1-2H3. The van der Waals surface area contributed by atoms with Crippen LogP contribution in [0.5, 0.6) is 0 Å². The molecule has 1 nitrogen and oxygen atoms in total. The van der Waals surface area contributed by atoms with Gasteiger partial charge in [0.15, 0.2) is 5.78 Å². The molecular formula is C22H20O. The molecule has 3 aliphatic rings. The van der Waals surface area contributed by atoms with E-state index in [1.165, 1.54) is 34.2 Å². The minimum absolute atomic E-state index is 0.150. The Morgan fingerprint density at radius 1 is 0.913 bits per heavy atom. The molecule has 5 rings (SSSR count). The molecule has 0 radical (unpaired) electrons. The van der Waals surface area contributed by atoms with Crippen LogP contribution in [0.4, 0.5) is 0 Å². The third kappa shape index (κ3) is 1.71. The zero-order valence-electron chi connectivity index (χ0n) is 13.5. The summed E-state index contributed by atoms with van der Waals surface area (Å²) in [7, 11) is 0. The van der Waals surface area contributed by atoms with E-state index in [1.807, 2.05) is 6.07 Å². The van der Waals surface area contributed by atoms with Crippen molar-refractivity contribution in [2.75, 3.05) is 0 Å². The highest BCUT2D eigenvalue weighted by Crippen LogP contribution is 2.62. The molecule has 3 aliphatic carbocycles. The molecule has 23 heavy (non-hydrogen) atoms. The van der Waals surface area contributed by atoms with E-state index in [-0.39, 0.29) is 5.78 Å². The SMILES string of the molecule is CC(=O)c1ccc2c(c1)-c1cc(C)ccc1C1C3C=CC(C3)C21. The maximum absolute atomic E-state index is 11.9. The van der Waals surface area contributed by atoms with Crippen LogP contribution in [0.25, 0.3) is 11.1 Å². The van der Waals surface area contributed by atoms with Crippen molar-refractivity contribution in [1.29, 1.82) is 0 Å². The first-order valence-electron chi connectivity index (χ1n) is 8.57. The van der Waals surface area contributed by atoms with Crippen molar-refractivity contribution in [2.45, 2.75) is 32.1 Å². The number of hydrogen-bond acceptors (Lipinski definition) is 1. The van der Waals surface area contributed by atoms with Gasteiger partial charge in [-0.3, -0.25) is 4.79 Å². The Hall–Kier alpha value is -2.15. The van der Waals surface area contributed by atoms with Gasteiger partial charge in [0, 0.05) is 5.56 Å². The number of carbonyl (C=O) groups excluding carboxylic acids is 1. The number of hydrogen-bond donors (Lipinski definition) is 0. The summed E-state index contributed by atoms with van der Waals surface area (Å²) in [5, 5.41) is 0. The molecule has 4 unspecified atom stereocenters. The van der Waals surface area contributed by atoms with Crippen molar-refractivity contribution >= 4 is 5.78 Å². The van der Waals surface area contributed by atoms with Gasteiger partial charge >= 0.3 is 0 Å². The van der Waals surface area contributed by atoms with Crippen molar-refractivity contribution in [2.24, 2.45) is 11.8 Å². The predicted molar refractivity (Wildman–Crippen MR) is 92.8 cm³/mol. The maximum Gasteiger partial charge on any atom is 0.159 e. The molecule has 0 spiro atoms. The van der Waals surface area contributed by atoms with Crippen molar-refractivity contribution in [3.63, 3.8) is 0 Å². The fraction of sp³-hybridized carbons (Fsp3) is 0.318. The van der Waals surface area contributed by atoms with Crippen molar-refractivity contribution < 1.29 is 4.79 Å². The number of benzene rings is 2. The second-order valence-electron chi connectivity index (χ2n) is 7.45. The zero-order valence-corrected chi connectivity index (χ0v) is 13.5. The highest BCUT2D eigenvalue weighted by atomic mass is 16.1. The molecule has 2 bridgehead atoms. The van der Waals surface area contributed by atoms with Gasteiger partial charge in [-0.2, -0.15) is 0 Å². The van der Waals surface area contributed by atoms with Gasteiger partial charge in [0.05, 0.1) is 0 Å². The van der Waals surface area contributed by atoms with Gasteiger partial charge in [-0.25, -0.2) is 0 Å². The summed E-state index contributed by atoms with van der Waals surface area (Å²) in [6.07, 6.45) is 6.15. The Labute approximate surface area is 137 Å². The highest BCUT2D eigenvalue weighted by Gasteiger charge is 2.49. The van der Waals surface area contributed by atoms with Gasteiger partial charge < -0.3 is 0 Å². The maximum atomic E-state index is 11.9. The minimum Gasteiger partial charge on any atom is -0.295 e. The van der Waals surface area contributed by atoms with Crippen LogP contribution in [0.3, 0.4) is 0 Å². The van der Waals surface area contributed by atoms with Crippen LogP contribution in [0.1, 0.15) is 52.2 Å². The van der Waals surface area contributed by atoms with E-state index in [0.29, 0.717) is 23.7 Å². The quantitative estimate of drug-likeness (QED) is 0.519. The van der Waals surface area contributed by atoms with Crippen molar-refractivity contribution in [1.82, 2.24) is 0 Å². The number of ketones is 1. The van der Waals surface area contributed by atoms with E-state index in [0.717, 1.165) is 5.56 Å². The monoisotopic (exact) mass is 300 g/mol. The molecule has 0 amide bonds. The molecular weight excluding hydrogens is 280 g/mol. The third-order valence-electron chi connectivity index (χ3n) is 6.14. The minimum atomic E-state index is 0.150. The molecule has 0 N–H and O–H groups in total. The lowest BCUT2D eigenvalue weighted by Gasteiger charge is -2.37. The average Bonchev–Trinajstić information content (AvgIpc) is 3.16. The van der Waals surface area contributed by atoms with Gasteiger partial charge in [-0.15, -0.1) is 0 Å². The summed E-state index contributed by atoms with van der Waals surface area (Å²) in [4.78, 5) is 11.9. The molecule has 1 saturated carbocycles. The van der Waals surface area contributed by atoms with E-state index < -0.39 is 0 Å². The summed E-state index contributed by atoms with van der Waals surface area (Å²) >= 11 is 0. The van der Waals surface area contributed by atoms with E-state index in [2.05, 4.69) is 49.4 Å². The summed E-state index contributed by atoms with van der Waals surface area (Å²) in [6, 6.07) is 13.3. The first kappa shape index (κ1) is 13.3. The van der Waals surface area contributed by atoms with Crippen LogP contribution in [-0.2, 0) is 0 Å². The number of rotatable bonds is 1. The van der Waals surface area contributed by atoms with Crippen molar-refractivity contribution in [3.05, 3.63) is 70.8 Å². The number of allylic oxidation sites excluding steroid dienone is 2. The van der Waals surface area contributed by atoms with Crippen LogP contribution in [0.15, 0.2) is 48.6 Å². The number of carbonyl (C=O) groups is 1. The summed E-state index contributed by atoms with van der Waals surface area (Å²) in [6.45, 7) is 3.81. The van der Waals surface area contributed by atoms with E-state index in [4.69, 9.17) is 0 Å². The lowest BCUT2D eigenvalue weighted by Crippen LogP contribution is -2.21. The summed E-state index contributed by atoms with van der Waals surface area (Å²) < 4.78 is 0. The largest absolute Gasteiger partial charge is 0.295 e. The number of aryl methyl sites for hydroxylation is 1. The Morgan fingerprint density at radius 2 is 1.52 bits per heavy atom. The van der Waals surface area contributed by atoms with Crippen LogP contribution in [0.2, 0.25) is 0 Å². The molecule has 2 aromatic carbocycles. The third-order valence-corrected chi connectivity index (χ3v) is 6.14. The Kier molecular flexibility index (Phi) is 2.57. The molecule has 0 aromatic heterocycles. The molecule has 114 valence electrons. The van der Waals surface area contributed by atoms with E-state index in [1.54, 1.807) is 6.92 Å². The van der Waals surface area contributed by atoms with Gasteiger partial charge in [-0.05, 0) is 72.3 Å². The Morgan fingerprint density at radius 3 is 2.17 bits per heavy atom. The zero-order chi connectivity index (χ0) is 15.7. The van der Waals surface area contributed by atoms with Gasteiger partial charge in [-0.1, -0.05) is 48.0 Å². The number of fused-ring (bicyclic) bond motifs is 10. The Balaban J connectivity index is 1.82. The smallest absolute Gasteiger partial charge is 0.159 e. The highest BCUT2D eigenvalue weighted by molar-refractivity contribution is 5.96. The number of Topliss-reactive ketones (excluding diaryl/α,β-unsaturated/α-hetero) is 1. The topological polar surface area (TPSA) is 17.1 Å². The Bertz CT molecular complexity index is 874. The fourth-order valence-electron chi connectivity index (χ4n) is 5.16. The van der Waals surface area contributed by atoms with Crippen molar-refractivity contribution in [3.8, 4) is 11.1 Å². The van der Waals surface area contributed by atoms with Gasteiger partial charge in [0.25, 0.3) is 0 Å².